The summed E-state index contributed by atoms with van der Waals surface area (Å²) < 4.78 is 2.03. The Hall–Kier alpha value is -2.80. The highest BCUT2D eigenvalue weighted by Crippen LogP contribution is 2.34. The Morgan fingerprint density at radius 2 is 1.78 bits per heavy atom. The van der Waals surface area contributed by atoms with E-state index in [0.717, 1.165) is 34.4 Å². The number of hydrogen-bond donors (Lipinski definition) is 1. The van der Waals surface area contributed by atoms with Crippen LogP contribution in [0.4, 0.5) is 4.79 Å². The predicted octanol–water partition coefficient (Wildman–Crippen LogP) is 3.64. The second kappa shape index (κ2) is 7.08. The normalized spacial score (nSPS) is 16.0. The van der Waals surface area contributed by atoms with Crippen molar-refractivity contribution < 1.29 is 14.4 Å². The molecular weight excluding hydrogens is 362 g/mol. The lowest BCUT2D eigenvalue weighted by atomic mass is 10.2. The van der Waals surface area contributed by atoms with Crippen molar-refractivity contribution in [3.8, 4) is 5.69 Å². The van der Waals surface area contributed by atoms with Crippen molar-refractivity contribution >= 4 is 34.9 Å². The van der Waals surface area contributed by atoms with Gasteiger partial charge in [-0.05, 0) is 81.4 Å². The minimum absolute atomic E-state index is 0.167. The SMILES string of the molecule is Cc1cc(/C=C2/SC(=O)N(C(C)C)C2=O)c(C)n1-c1ccc(C(N)=O)cc1. The maximum Gasteiger partial charge on any atom is 0.293 e. The molecule has 0 bridgehead atoms. The van der Waals surface area contributed by atoms with Crippen LogP contribution in [0.25, 0.3) is 11.8 Å². The minimum Gasteiger partial charge on any atom is -0.366 e. The molecule has 1 aromatic heterocycles. The molecule has 1 aromatic carbocycles. The Labute approximate surface area is 162 Å². The van der Waals surface area contributed by atoms with Crippen LogP contribution in [0.15, 0.2) is 35.2 Å². The van der Waals surface area contributed by atoms with E-state index in [1.807, 2.05) is 50.5 Å². The quantitative estimate of drug-likeness (QED) is 0.817. The highest BCUT2D eigenvalue weighted by atomic mass is 32.2. The fourth-order valence-electron chi connectivity index (χ4n) is 3.17. The molecular formula is C20H21N3O3S. The summed E-state index contributed by atoms with van der Waals surface area (Å²) in [5, 5.41) is -0.239. The van der Waals surface area contributed by atoms with Gasteiger partial charge in [0, 0.05) is 28.7 Å². The number of nitrogens with two attached hydrogens (primary N) is 1. The van der Waals surface area contributed by atoms with E-state index in [-0.39, 0.29) is 17.2 Å². The number of thioether (sulfide) groups is 1. The molecule has 3 rings (SSSR count). The van der Waals surface area contributed by atoms with Crippen LogP contribution in [0.3, 0.4) is 0 Å². The summed E-state index contributed by atoms with van der Waals surface area (Å²) in [6, 6.07) is 8.84. The van der Waals surface area contributed by atoms with E-state index in [2.05, 4.69) is 0 Å². The Morgan fingerprint density at radius 3 is 2.30 bits per heavy atom. The highest BCUT2D eigenvalue weighted by Gasteiger charge is 2.36. The summed E-state index contributed by atoms with van der Waals surface area (Å²) in [5.74, 6) is -0.723. The van der Waals surface area contributed by atoms with Crippen molar-refractivity contribution in [3.05, 3.63) is 57.8 Å². The minimum atomic E-state index is -0.468. The van der Waals surface area contributed by atoms with Gasteiger partial charge in [0.25, 0.3) is 11.1 Å². The number of aromatic nitrogens is 1. The Morgan fingerprint density at radius 1 is 1.15 bits per heavy atom. The molecule has 0 aliphatic carbocycles. The predicted molar refractivity (Wildman–Crippen MR) is 107 cm³/mol. The number of primary amides is 1. The fraction of sp³-hybridized carbons (Fsp3) is 0.250. The number of rotatable bonds is 4. The first-order chi connectivity index (χ1) is 12.7. The molecule has 3 amide bonds. The Balaban J connectivity index is 1.98. The molecule has 0 saturated carbocycles. The highest BCUT2D eigenvalue weighted by molar-refractivity contribution is 8.18. The van der Waals surface area contributed by atoms with Gasteiger partial charge >= 0.3 is 0 Å². The van der Waals surface area contributed by atoms with Gasteiger partial charge in [-0.25, -0.2) is 0 Å². The average Bonchev–Trinajstić information content (AvgIpc) is 3.03. The van der Waals surface area contributed by atoms with E-state index in [1.54, 1.807) is 18.2 Å². The first-order valence-corrected chi connectivity index (χ1v) is 9.38. The van der Waals surface area contributed by atoms with Gasteiger partial charge in [-0.2, -0.15) is 0 Å². The van der Waals surface area contributed by atoms with Crippen LogP contribution in [0.5, 0.6) is 0 Å². The van der Waals surface area contributed by atoms with E-state index in [0.29, 0.717) is 10.5 Å². The van der Waals surface area contributed by atoms with E-state index in [4.69, 9.17) is 5.73 Å². The van der Waals surface area contributed by atoms with Crippen molar-refractivity contribution in [2.75, 3.05) is 0 Å². The molecule has 1 saturated heterocycles. The van der Waals surface area contributed by atoms with E-state index in [1.165, 1.54) is 4.90 Å². The standard InChI is InChI=1S/C20H21N3O3S/c1-11(2)22-19(25)17(27-20(22)26)10-15-9-12(3)23(13(15)4)16-7-5-14(6-8-16)18(21)24/h5-11H,1-4H3,(H2,21,24)/b17-10+. The maximum absolute atomic E-state index is 12.5. The zero-order valence-corrected chi connectivity index (χ0v) is 16.5. The van der Waals surface area contributed by atoms with Gasteiger partial charge in [0.1, 0.15) is 0 Å². The molecule has 6 nitrogen and oxygen atoms in total. The maximum atomic E-state index is 12.5. The number of carbonyl (C=O) groups is 3. The van der Waals surface area contributed by atoms with Gasteiger partial charge in [0.2, 0.25) is 5.91 Å². The van der Waals surface area contributed by atoms with Gasteiger partial charge in [-0.1, -0.05) is 0 Å². The van der Waals surface area contributed by atoms with Gasteiger partial charge in [0.05, 0.1) is 4.91 Å². The molecule has 0 unspecified atom stereocenters. The van der Waals surface area contributed by atoms with Crippen LogP contribution in [0.1, 0.15) is 41.2 Å². The van der Waals surface area contributed by atoms with Gasteiger partial charge in [-0.3, -0.25) is 19.3 Å². The molecule has 1 fully saturated rings. The number of nitrogens with zero attached hydrogens (tertiary/aromatic N) is 2. The largest absolute Gasteiger partial charge is 0.366 e. The smallest absolute Gasteiger partial charge is 0.293 e. The lowest BCUT2D eigenvalue weighted by molar-refractivity contribution is -0.123. The number of aryl methyl sites for hydroxylation is 1. The topological polar surface area (TPSA) is 85.4 Å². The van der Waals surface area contributed by atoms with Crippen molar-refractivity contribution in [1.82, 2.24) is 9.47 Å². The molecule has 27 heavy (non-hydrogen) atoms. The Kier molecular flexibility index (Phi) is 4.97. The van der Waals surface area contributed by atoms with Crippen LogP contribution in [-0.4, -0.2) is 32.6 Å². The lowest BCUT2D eigenvalue weighted by Gasteiger charge is -2.16. The van der Waals surface area contributed by atoms with Gasteiger partial charge < -0.3 is 10.3 Å². The first kappa shape index (κ1) is 19.0. The second-order valence-electron chi connectivity index (χ2n) is 6.72. The molecule has 2 heterocycles. The third kappa shape index (κ3) is 3.42. The summed E-state index contributed by atoms with van der Waals surface area (Å²) in [5.41, 5.74) is 9.43. The first-order valence-electron chi connectivity index (χ1n) is 8.57. The second-order valence-corrected chi connectivity index (χ2v) is 7.71. The number of imide groups is 1. The monoisotopic (exact) mass is 383 g/mol. The van der Waals surface area contributed by atoms with Crippen LogP contribution in [0, 0.1) is 13.8 Å². The van der Waals surface area contributed by atoms with Crippen molar-refractivity contribution in [2.24, 2.45) is 5.73 Å². The van der Waals surface area contributed by atoms with Crippen LogP contribution in [-0.2, 0) is 4.79 Å². The van der Waals surface area contributed by atoms with Crippen LogP contribution >= 0.6 is 11.8 Å². The van der Waals surface area contributed by atoms with Crippen molar-refractivity contribution in [3.63, 3.8) is 0 Å². The number of benzene rings is 1. The molecule has 2 N–H and O–H groups in total. The van der Waals surface area contributed by atoms with Crippen LogP contribution in [0.2, 0.25) is 0 Å². The third-order valence-electron chi connectivity index (χ3n) is 4.51. The summed E-state index contributed by atoms with van der Waals surface area (Å²) in [6.07, 6.45) is 1.77. The fourth-order valence-corrected chi connectivity index (χ4v) is 4.12. The molecule has 2 aromatic rings. The van der Waals surface area contributed by atoms with Crippen LogP contribution < -0.4 is 5.73 Å². The number of hydrogen-bond acceptors (Lipinski definition) is 4. The average molecular weight is 383 g/mol. The molecule has 1 aliphatic heterocycles. The number of carbonyl (C=O) groups excluding carboxylic acids is 3. The van der Waals surface area contributed by atoms with Crippen molar-refractivity contribution in [2.45, 2.75) is 33.7 Å². The van der Waals surface area contributed by atoms with Gasteiger partial charge in [-0.15, -0.1) is 0 Å². The zero-order valence-electron chi connectivity index (χ0n) is 15.6. The number of amides is 3. The third-order valence-corrected chi connectivity index (χ3v) is 5.39. The summed E-state index contributed by atoms with van der Waals surface area (Å²) in [6.45, 7) is 7.56. The van der Waals surface area contributed by atoms with Crippen molar-refractivity contribution in [1.29, 1.82) is 0 Å². The zero-order chi connectivity index (χ0) is 19.9. The summed E-state index contributed by atoms with van der Waals surface area (Å²) >= 11 is 0.968. The van der Waals surface area contributed by atoms with E-state index in [9.17, 15) is 14.4 Å². The molecule has 7 heteroatoms. The summed E-state index contributed by atoms with van der Waals surface area (Å²) in [7, 11) is 0. The van der Waals surface area contributed by atoms with E-state index < -0.39 is 5.91 Å². The molecule has 1 aliphatic rings. The molecule has 140 valence electrons. The molecule has 0 spiro atoms. The molecule has 0 radical (unpaired) electrons. The van der Waals surface area contributed by atoms with Gasteiger partial charge in [0.15, 0.2) is 0 Å². The Bertz CT molecular complexity index is 971. The van der Waals surface area contributed by atoms with E-state index >= 15 is 0 Å². The molecule has 0 atom stereocenters. The summed E-state index contributed by atoms with van der Waals surface area (Å²) in [4.78, 5) is 37.5. The lowest BCUT2D eigenvalue weighted by Crippen LogP contribution is -2.34.